The molecule has 0 aromatic heterocycles. The lowest BCUT2D eigenvalue weighted by Gasteiger charge is -2.25. The molecule has 0 aliphatic carbocycles. The van der Waals surface area contributed by atoms with E-state index in [1.54, 1.807) is 4.90 Å². The first-order chi connectivity index (χ1) is 6.29. The molecule has 0 radical (unpaired) electrons. The Hall–Kier alpha value is -1.41. The number of likely N-dealkylation sites (tertiary alicyclic amines) is 1. The average molecular weight is 180 g/mol. The minimum absolute atomic E-state index is 0.179. The van der Waals surface area contributed by atoms with E-state index < -0.39 is 0 Å². The molecule has 1 aliphatic heterocycles. The fourth-order valence-corrected chi connectivity index (χ4v) is 1.40. The Morgan fingerprint density at radius 3 is 2.38 bits per heavy atom. The molecule has 70 valence electrons. The number of carbonyl (C=O) groups excluding carboxylic acids is 2. The Morgan fingerprint density at radius 2 is 1.92 bits per heavy atom. The maximum Gasteiger partial charge on any atom is 0.266 e. The van der Waals surface area contributed by atoms with E-state index in [1.165, 1.54) is 0 Å². The summed E-state index contributed by atoms with van der Waals surface area (Å²) in [4.78, 5) is 23.4. The van der Waals surface area contributed by atoms with E-state index in [-0.39, 0.29) is 11.5 Å². The quantitative estimate of drug-likeness (QED) is 0.219. The van der Waals surface area contributed by atoms with Gasteiger partial charge in [0.1, 0.15) is 5.57 Å². The number of rotatable bonds is 2. The molecule has 0 atom stereocenters. The molecular formula is C9H12N2O2. The molecule has 0 unspecified atom stereocenters. The molecule has 4 heteroatoms. The number of aldehydes is 1. The fourth-order valence-electron chi connectivity index (χ4n) is 1.40. The first-order valence-electron chi connectivity index (χ1n) is 4.33. The van der Waals surface area contributed by atoms with Crippen LogP contribution in [0, 0.1) is 5.41 Å². The molecule has 1 amide bonds. The van der Waals surface area contributed by atoms with Crippen molar-refractivity contribution in [3.05, 3.63) is 5.57 Å². The predicted octanol–water partition coefficient (Wildman–Crippen LogP) is 0.373. The lowest BCUT2D eigenvalue weighted by Crippen LogP contribution is -2.37. The highest BCUT2D eigenvalue weighted by Gasteiger charge is 2.19. The molecule has 4 nitrogen and oxygen atoms in total. The summed E-state index contributed by atoms with van der Waals surface area (Å²) in [5.41, 5.74) is -0.179. The van der Waals surface area contributed by atoms with Gasteiger partial charge in [-0.1, -0.05) is 0 Å². The lowest BCUT2D eigenvalue weighted by molar-refractivity contribution is -0.128. The van der Waals surface area contributed by atoms with Gasteiger partial charge in [-0.25, -0.2) is 0 Å². The van der Waals surface area contributed by atoms with Gasteiger partial charge >= 0.3 is 0 Å². The first kappa shape index (κ1) is 9.68. The average Bonchev–Trinajstić information content (AvgIpc) is 2.21. The number of nitrogens with one attached hydrogen (secondary N) is 1. The van der Waals surface area contributed by atoms with E-state index in [0.29, 0.717) is 19.4 Å². The number of amides is 1. The van der Waals surface area contributed by atoms with Gasteiger partial charge in [0, 0.05) is 13.1 Å². The summed E-state index contributed by atoms with van der Waals surface area (Å²) in [5, 5.41) is 6.74. The maximum atomic E-state index is 11.4. The third-order valence-corrected chi connectivity index (χ3v) is 2.13. The van der Waals surface area contributed by atoms with Gasteiger partial charge in [0.2, 0.25) is 0 Å². The molecule has 1 heterocycles. The Balaban J connectivity index is 2.65. The van der Waals surface area contributed by atoms with Crippen molar-refractivity contribution < 1.29 is 9.59 Å². The summed E-state index contributed by atoms with van der Waals surface area (Å²) in [6, 6.07) is 0. The Bertz CT molecular complexity index is 261. The lowest BCUT2D eigenvalue weighted by atomic mass is 10.1. The van der Waals surface area contributed by atoms with E-state index >= 15 is 0 Å². The van der Waals surface area contributed by atoms with Crippen molar-refractivity contribution in [3.63, 3.8) is 0 Å². The smallest absolute Gasteiger partial charge is 0.266 e. The minimum Gasteiger partial charge on any atom is -0.338 e. The maximum absolute atomic E-state index is 11.4. The van der Waals surface area contributed by atoms with Gasteiger partial charge in [-0.2, -0.15) is 0 Å². The molecular weight excluding hydrogens is 168 g/mol. The molecule has 1 rings (SSSR count). The number of carbonyl (C=O) groups is 2. The van der Waals surface area contributed by atoms with Crippen LogP contribution in [-0.4, -0.2) is 36.1 Å². The third kappa shape index (κ3) is 2.26. The van der Waals surface area contributed by atoms with E-state index in [4.69, 9.17) is 5.41 Å². The zero-order valence-corrected chi connectivity index (χ0v) is 7.38. The van der Waals surface area contributed by atoms with Gasteiger partial charge in [-0.3, -0.25) is 15.0 Å². The molecule has 1 fully saturated rings. The van der Waals surface area contributed by atoms with Crippen molar-refractivity contribution in [2.24, 2.45) is 0 Å². The Morgan fingerprint density at radius 1 is 1.31 bits per heavy atom. The molecule has 0 bridgehead atoms. The molecule has 0 spiro atoms. The number of piperidine rings is 1. The van der Waals surface area contributed by atoms with Gasteiger partial charge in [0.25, 0.3) is 5.91 Å². The summed E-state index contributed by atoms with van der Waals surface area (Å²) in [6.45, 7) is 1.38. The zero-order chi connectivity index (χ0) is 9.68. The van der Waals surface area contributed by atoms with Gasteiger partial charge in [0.05, 0.1) is 0 Å². The first-order valence-corrected chi connectivity index (χ1v) is 4.33. The minimum atomic E-state index is -0.357. The monoisotopic (exact) mass is 180 g/mol. The third-order valence-electron chi connectivity index (χ3n) is 2.13. The second-order valence-corrected chi connectivity index (χ2v) is 3.01. The zero-order valence-electron chi connectivity index (χ0n) is 7.38. The van der Waals surface area contributed by atoms with Crippen LogP contribution in [0.25, 0.3) is 0 Å². The number of hydrogen-bond donors (Lipinski definition) is 1. The molecule has 0 saturated carbocycles. The molecule has 0 aromatic carbocycles. The van der Waals surface area contributed by atoms with Crippen LogP contribution in [0.5, 0.6) is 0 Å². The van der Waals surface area contributed by atoms with Crippen molar-refractivity contribution in [1.29, 1.82) is 5.41 Å². The Labute approximate surface area is 76.7 Å². The van der Waals surface area contributed by atoms with Crippen LogP contribution in [0.2, 0.25) is 0 Å². The summed E-state index contributed by atoms with van der Waals surface area (Å²) in [6.07, 6.45) is 3.49. The summed E-state index contributed by atoms with van der Waals surface area (Å²) < 4.78 is 0. The van der Waals surface area contributed by atoms with Crippen molar-refractivity contribution in [3.8, 4) is 0 Å². The highest BCUT2D eigenvalue weighted by atomic mass is 16.2. The van der Waals surface area contributed by atoms with Crippen LogP contribution in [0.1, 0.15) is 19.3 Å². The topological polar surface area (TPSA) is 61.2 Å². The molecule has 1 aliphatic rings. The predicted molar refractivity (Wildman–Crippen MR) is 47.7 cm³/mol. The number of hydrogen-bond acceptors (Lipinski definition) is 3. The summed E-state index contributed by atoms with van der Waals surface area (Å²) in [5.74, 6) is 1.50. The Kier molecular flexibility index (Phi) is 3.41. The van der Waals surface area contributed by atoms with Gasteiger partial charge in [-0.15, -0.1) is 0 Å². The van der Waals surface area contributed by atoms with E-state index in [1.807, 2.05) is 5.87 Å². The summed E-state index contributed by atoms with van der Waals surface area (Å²) >= 11 is 0. The highest BCUT2D eigenvalue weighted by molar-refractivity contribution is 6.17. The van der Waals surface area contributed by atoms with E-state index in [9.17, 15) is 9.59 Å². The number of nitrogens with zero attached hydrogens (tertiary/aromatic N) is 1. The molecule has 13 heavy (non-hydrogen) atoms. The van der Waals surface area contributed by atoms with Crippen LogP contribution in [-0.2, 0) is 9.59 Å². The van der Waals surface area contributed by atoms with E-state index in [2.05, 4.69) is 0 Å². The van der Waals surface area contributed by atoms with Crippen LogP contribution >= 0.6 is 0 Å². The highest BCUT2D eigenvalue weighted by Crippen LogP contribution is 2.10. The largest absolute Gasteiger partial charge is 0.338 e. The standard InChI is InChI=1S/C9H12N2O2/c10-6-8(7-12)9(13)11-4-2-1-3-5-11/h7,10H,1-5H2. The summed E-state index contributed by atoms with van der Waals surface area (Å²) in [7, 11) is 0. The van der Waals surface area contributed by atoms with Gasteiger partial charge in [0.15, 0.2) is 6.29 Å². The van der Waals surface area contributed by atoms with Crippen LogP contribution in [0.15, 0.2) is 5.57 Å². The van der Waals surface area contributed by atoms with Crippen molar-refractivity contribution >= 4 is 18.1 Å². The SMILES string of the molecule is N=C=C(C=O)C(=O)N1CCCCC1. The van der Waals surface area contributed by atoms with Crippen LogP contribution in [0.3, 0.4) is 0 Å². The van der Waals surface area contributed by atoms with E-state index in [0.717, 1.165) is 19.3 Å². The van der Waals surface area contributed by atoms with Crippen LogP contribution < -0.4 is 0 Å². The van der Waals surface area contributed by atoms with Crippen molar-refractivity contribution in [2.45, 2.75) is 19.3 Å². The normalized spacial score (nSPS) is 16.2. The molecule has 1 saturated heterocycles. The van der Waals surface area contributed by atoms with Crippen LogP contribution in [0.4, 0.5) is 0 Å². The molecule has 0 aromatic rings. The second-order valence-electron chi connectivity index (χ2n) is 3.01. The second kappa shape index (κ2) is 4.58. The van der Waals surface area contributed by atoms with Crippen molar-refractivity contribution in [2.75, 3.05) is 13.1 Å². The molecule has 1 N–H and O–H groups in total. The van der Waals surface area contributed by atoms with Gasteiger partial charge in [-0.05, 0) is 25.1 Å². The van der Waals surface area contributed by atoms with Gasteiger partial charge < -0.3 is 4.90 Å². The fraction of sp³-hybridized carbons (Fsp3) is 0.556. The van der Waals surface area contributed by atoms with Crippen molar-refractivity contribution in [1.82, 2.24) is 4.90 Å².